The van der Waals surface area contributed by atoms with Gasteiger partial charge in [0.15, 0.2) is 0 Å². The fraction of sp³-hybridized carbons (Fsp3) is 0.455. The van der Waals surface area contributed by atoms with Gasteiger partial charge in [-0.15, -0.1) is 0 Å². The van der Waals surface area contributed by atoms with Gasteiger partial charge in [0.2, 0.25) is 0 Å². The molecule has 5 heteroatoms. The number of benzene rings is 1. The van der Waals surface area contributed by atoms with Crippen LogP contribution in [0.15, 0.2) is 30.3 Å². The lowest BCUT2D eigenvalue weighted by atomic mass is 9.58. The second kappa shape index (κ2) is 4.52. The predicted molar refractivity (Wildman–Crippen MR) is 72.6 cm³/mol. The van der Waals surface area contributed by atoms with E-state index in [0.717, 1.165) is 6.67 Å². The van der Waals surface area contributed by atoms with E-state index in [-0.39, 0.29) is 0 Å². The molecule has 0 N–H and O–H groups in total. The monoisotopic (exact) mass is 215 g/mol. The summed E-state index contributed by atoms with van der Waals surface area (Å²) in [6, 6.07) is 10.6. The summed E-state index contributed by atoms with van der Waals surface area (Å²) in [6.07, 6.45) is 0. The lowest BCUT2D eigenvalue weighted by molar-refractivity contribution is 0.469. The molecule has 1 heterocycles. The second-order valence-electron chi connectivity index (χ2n) is 4.63. The number of hydrogen-bond acceptors (Lipinski definition) is 3. The van der Waals surface area contributed by atoms with Gasteiger partial charge >= 0.3 is 6.98 Å². The Labute approximate surface area is 99.3 Å². The largest absolute Gasteiger partial charge is 0.390 e. The molecule has 1 fully saturated rings. The smallest absolute Gasteiger partial charge is 0.330 e. The van der Waals surface area contributed by atoms with Gasteiger partial charge in [-0.3, -0.25) is 0 Å². The Kier molecular flexibility index (Phi) is 3.26. The quantitative estimate of drug-likeness (QED) is 0.658. The van der Waals surface area contributed by atoms with E-state index in [2.05, 4.69) is 72.4 Å². The van der Waals surface area contributed by atoms with E-state index in [1.807, 2.05) is 0 Å². The minimum Gasteiger partial charge on any atom is -0.390 e. The number of anilines is 1. The van der Waals surface area contributed by atoms with Crippen molar-refractivity contribution in [2.45, 2.75) is 13.6 Å². The minimum absolute atomic E-state index is 0.439. The summed E-state index contributed by atoms with van der Waals surface area (Å²) in [7, 11) is 4.35. The molecule has 0 unspecified atom stereocenters. The molecule has 0 amide bonds. The first-order valence-electron chi connectivity index (χ1n) is 5.85. The van der Waals surface area contributed by atoms with Crippen molar-refractivity contribution in [2.75, 3.05) is 25.6 Å². The third kappa shape index (κ3) is 1.97. The molecular formula is C11H19B2N3. The molecule has 2 rings (SSSR count). The van der Waals surface area contributed by atoms with E-state index in [9.17, 15) is 0 Å². The van der Waals surface area contributed by atoms with Gasteiger partial charge in [-0.2, -0.15) is 0 Å². The first-order chi connectivity index (χ1) is 7.61. The van der Waals surface area contributed by atoms with Crippen LogP contribution in [-0.2, 0) is 0 Å². The van der Waals surface area contributed by atoms with Gasteiger partial charge in [0, 0.05) is 5.69 Å². The van der Waals surface area contributed by atoms with E-state index in [1.165, 1.54) is 5.69 Å². The van der Waals surface area contributed by atoms with Gasteiger partial charge in [0.1, 0.15) is 0 Å². The molecule has 1 aromatic carbocycles. The maximum Gasteiger partial charge on any atom is 0.330 e. The molecule has 1 aliphatic heterocycles. The zero-order chi connectivity index (χ0) is 11.7. The Morgan fingerprint density at radius 2 is 1.62 bits per heavy atom. The highest BCUT2D eigenvalue weighted by atomic mass is 15.4. The van der Waals surface area contributed by atoms with Crippen LogP contribution in [0.5, 0.6) is 0 Å². The number of rotatable bonds is 1. The molecule has 1 saturated heterocycles. The molecule has 84 valence electrons. The fourth-order valence-corrected chi connectivity index (χ4v) is 2.24. The number of hydrogen-bond donors (Lipinski definition) is 0. The summed E-state index contributed by atoms with van der Waals surface area (Å²) in [5, 5.41) is 0. The van der Waals surface area contributed by atoms with Crippen molar-refractivity contribution in [1.29, 1.82) is 0 Å². The topological polar surface area (TPSA) is 9.72 Å². The zero-order valence-electron chi connectivity index (χ0n) is 10.6. The zero-order valence-corrected chi connectivity index (χ0v) is 10.6. The lowest BCUT2D eigenvalue weighted by Crippen LogP contribution is -2.67. The standard InChI is InChI=1S/C11H19B2N3/c1-12-14(3)10-16(13(2)15(12)4)11-8-6-5-7-9-11/h5-9H,10H2,1-4H3. The lowest BCUT2D eigenvalue weighted by Gasteiger charge is -2.47. The van der Waals surface area contributed by atoms with Crippen LogP contribution < -0.4 is 4.81 Å². The molecule has 3 nitrogen and oxygen atoms in total. The first-order valence-corrected chi connectivity index (χ1v) is 5.85. The molecule has 0 bridgehead atoms. The Morgan fingerprint density at radius 3 is 2.25 bits per heavy atom. The van der Waals surface area contributed by atoms with E-state index < -0.39 is 0 Å². The minimum atomic E-state index is 0.439. The number of para-hydroxylation sites is 1. The summed E-state index contributed by atoms with van der Waals surface area (Å²) in [4.78, 5) is 4.77. The van der Waals surface area contributed by atoms with Crippen molar-refractivity contribution in [3.8, 4) is 0 Å². The molecule has 16 heavy (non-hydrogen) atoms. The Bertz CT molecular complexity index is 346. The van der Waals surface area contributed by atoms with Crippen LogP contribution in [0, 0.1) is 0 Å². The maximum absolute atomic E-state index is 2.42. The van der Waals surface area contributed by atoms with Crippen LogP contribution in [0.2, 0.25) is 13.6 Å². The van der Waals surface area contributed by atoms with E-state index in [0.29, 0.717) is 14.0 Å². The van der Waals surface area contributed by atoms with Crippen molar-refractivity contribution in [3.63, 3.8) is 0 Å². The third-order valence-electron chi connectivity index (χ3n) is 3.73. The van der Waals surface area contributed by atoms with Gasteiger partial charge in [-0.25, -0.2) is 0 Å². The van der Waals surface area contributed by atoms with Crippen LogP contribution in [0.3, 0.4) is 0 Å². The predicted octanol–water partition coefficient (Wildman–Crippen LogP) is 1.56. The first kappa shape index (κ1) is 11.6. The summed E-state index contributed by atoms with van der Waals surface area (Å²) >= 11 is 0. The van der Waals surface area contributed by atoms with Crippen molar-refractivity contribution >= 4 is 19.7 Å². The van der Waals surface area contributed by atoms with Crippen LogP contribution in [-0.4, -0.2) is 44.3 Å². The molecule has 0 saturated carbocycles. The number of nitrogens with zero attached hydrogens (tertiary/aromatic N) is 3. The Hall–Kier alpha value is -0.930. The van der Waals surface area contributed by atoms with Crippen molar-refractivity contribution in [1.82, 2.24) is 9.53 Å². The SMILES string of the molecule is CB1N(C)CN(c2ccccc2)B(C)N1C. The fourth-order valence-electron chi connectivity index (χ4n) is 2.24. The van der Waals surface area contributed by atoms with E-state index in [4.69, 9.17) is 0 Å². The van der Waals surface area contributed by atoms with Crippen molar-refractivity contribution < 1.29 is 0 Å². The Morgan fingerprint density at radius 1 is 1.00 bits per heavy atom. The van der Waals surface area contributed by atoms with Crippen LogP contribution in [0.1, 0.15) is 0 Å². The average molecular weight is 215 g/mol. The molecule has 0 aromatic heterocycles. The molecular weight excluding hydrogens is 196 g/mol. The highest BCUT2D eigenvalue weighted by Gasteiger charge is 2.36. The molecule has 0 radical (unpaired) electrons. The average Bonchev–Trinajstić information content (AvgIpc) is 2.32. The van der Waals surface area contributed by atoms with Crippen LogP contribution in [0.4, 0.5) is 5.69 Å². The van der Waals surface area contributed by atoms with Gasteiger partial charge in [-0.1, -0.05) is 31.8 Å². The highest BCUT2D eigenvalue weighted by Crippen LogP contribution is 2.20. The summed E-state index contributed by atoms with van der Waals surface area (Å²) in [6.45, 7) is 6.43. The van der Waals surface area contributed by atoms with E-state index >= 15 is 0 Å². The van der Waals surface area contributed by atoms with Gasteiger partial charge < -0.3 is 14.3 Å². The van der Waals surface area contributed by atoms with Crippen molar-refractivity contribution in [2.24, 2.45) is 0 Å². The van der Waals surface area contributed by atoms with Gasteiger partial charge in [0.25, 0.3) is 6.98 Å². The summed E-state index contributed by atoms with van der Waals surface area (Å²) < 4.78 is 2.39. The second-order valence-corrected chi connectivity index (χ2v) is 4.63. The van der Waals surface area contributed by atoms with Gasteiger partial charge in [-0.05, 0) is 26.2 Å². The summed E-state index contributed by atoms with van der Waals surface area (Å²) in [5.41, 5.74) is 1.29. The van der Waals surface area contributed by atoms with E-state index in [1.54, 1.807) is 0 Å². The third-order valence-corrected chi connectivity index (χ3v) is 3.73. The summed E-state index contributed by atoms with van der Waals surface area (Å²) in [5.74, 6) is 0. The maximum atomic E-state index is 2.42. The van der Waals surface area contributed by atoms with Crippen LogP contribution >= 0.6 is 0 Å². The molecule has 0 aliphatic carbocycles. The molecule has 0 atom stereocenters. The molecule has 0 spiro atoms. The normalized spacial score (nSPS) is 19.4. The van der Waals surface area contributed by atoms with Crippen LogP contribution in [0.25, 0.3) is 0 Å². The van der Waals surface area contributed by atoms with Crippen molar-refractivity contribution in [3.05, 3.63) is 30.3 Å². The van der Waals surface area contributed by atoms with Gasteiger partial charge in [0.05, 0.1) is 6.67 Å². The molecule has 1 aliphatic rings. The Balaban J connectivity index is 2.23. The molecule has 1 aromatic rings. The highest BCUT2D eigenvalue weighted by molar-refractivity contribution is 6.73.